The zero-order valence-electron chi connectivity index (χ0n) is 9.87. The largest absolute Gasteiger partial charge is 0.444 e. The Morgan fingerprint density at radius 2 is 2.07 bits per heavy atom. The molecule has 86 valence electrons. The molecule has 0 aliphatic carbocycles. The van der Waals surface area contributed by atoms with Gasteiger partial charge in [0.1, 0.15) is 5.60 Å². The summed E-state index contributed by atoms with van der Waals surface area (Å²) in [5, 5.41) is 0. The molecule has 1 fully saturated rings. The quantitative estimate of drug-likeness (QED) is 0.616. The maximum absolute atomic E-state index is 11.6. The Labute approximate surface area is 90.6 Å². The summed E-state index contributed by atoms with van der Waals surface area (Å²) in [6, 6.07) is 0. The van der Waals surface area contributed by atoms with Crippen LogP contribution in [0.3, 0.4) is 0 Å². The van der Waals surface area contributed by atoms with E-state index in [1.54, 1.807) is 0 Å². The summed E-state index contributed by atoms with van der Waals surface area (Å²) in [6.07, 6.45) is 0.348. The van der Waals surface area contributed by atoms with E-state index in [4.69, 9.17) is 4.74 Å². The van der Waals surface area contributed by atoms with Crippen LogP contribution in [0.2, 0.25) is 0 Å². The van der Waals surface area contributed by atoms with E-state index in [-0.39, 0.29) is 24.3 Å². The number of nitrogens with zero attached hydrogens (tertiary/aromatic N) is 1. The molecule has 1 aliphatic heterocycles. The SMILES string of the molecule is C[C@@H]1CCN(C(=O)OC(C)(C)C)CC1=O. The molecular formula is C11H19NO3. The fourth-order valence-electron chi connectivity index (χ4n) is 1.42. The zero-order chi connectivity index (χ0) is 11.6. The summed E-state index contributed by atoms with van der Waals surface area (Å²) in [6.45, 7) is 8.16. The number of hydrogen-bond acceptors (Lipinski definition) is 3. The molecule has 0 bridgehead atoms. The molecule has 0 aromatic rings. The van der Waals surface area contributed by atoms with Gasteiger partial charge in [0.25, 0.3) is 0 Å². The third-order valence-corrected chi connectivity index (χ3v) is 2.38. The van der Waals surface area contributed by atoms with Crippen molar-refractivity contribution in [1.82, 2.24) is 4.90 Å². The first kappa shape index (κ1) is 12.0. The van der Waals surface area contributed by atoms with Gasteiger partial charge in [0.05, 0.1) is 6.54 Å². The van der Waals surface area contributed by atoms with E-state index in [1.807, 2.05) is 27.7 Å². The van der Waals surface area contributed by atoms with Crippen LogP contribution in [0, 0.1) is 5.92 Å². The topological polar surface area (TPSA) is 46.6 Å². The van der Waals surface area contributed by atoms with Gasteiger partial charge in [-0.25, -0.2) is 4.79 Å². The Balaban J connectivity index is 2.52. The third-order valence-electron chi connectivity index (χ3n) is 2.38. The highest BCUT2D eigenvalue weighted by Gasteiger charge is 2.29. The Bertz CT molecular complexity index is 267. The zero-order valence-corrected chi connectivity index (χ0v) is 9.87. The lowest BCUT2D eigenvalue weighted by atomic mass is 9.98. The summed E-state index contributed by atoms with van der Waals surface area (Å²) < 4.78 is 5.20. The number of amides is 1. The van der Waals surface area contributed by atoms with Crippen LogP contribution in [0.5, 0.6) is 0 Å². The van der Waals surface area contributed by atoms with Crippen molar-refractivity contribution in [2.45, 2.75) is 39.7 Å². The van der Waals surface area contributed by atoms with Crippen LogP contribution in [-0.2, 0) is 9.53 Å². The monoisotopic (exact) mass is 213 g/mol. The van der Waals surface area contributed by atoms with Gasteiger partial charge in [-0.15, -0.1) is 0 Å². The number of likely N-dealkylation sites (tertiary alicyclic amines) is 1. The Morgan fingerprint density at radius 3 is 2.53 bits per heavy atom. The number of rotatable bonds is 0. The molecule has 1 amide bonds. The van der Waals surface area contributed by atoms with Gasteiger partial charge in [-0.1, -0.05) is 6.92 Å². The Kier molecular flexibility index (Phi) is 3.37. The summed E-state index contributed by atoms with van der Waals surface area (Å²) in [5.74, 6) is 0.191. The van der Waals surface area contributed by atoms with Gasteiger partial charge in [-0.05, 0) is 27.2 Å². The lowest BCUT2D eigenvalue weighted by Crippen LogP contribution is -2.45. The molecule has 1 saturated heterocycles. The minimum Gasteiger partial charge on any atom is -0.444 e. The van der Waals surface area contributed by atoms with Crippen molar-refractivity contribution in [3.8, 4) is 0 Å². The van der Waals surface area contributed by atoms with Gasteiger partial charge in [-0.3, -0.25) is 4.79 Å². The van der Waals surface area contributed by atoms with E-state index < -0.39 is 5.60 Å². The lowest BCUT2D eigenvalue weighted by Gasteiger charge is -2.31. The molecule has 4 heteroatoms. The van der Waals surface area contributed by atoms with Crippen LogP contribution in [0.15, 0.2) is 0 Å². The minimum absolute atomic E-state index is 0.0729. The molecule has 1 heterocycles. The summed E-state index contributed by atoms with van der Waals surface area (Å²) in [4.78, 5) is 24.5. The van der Waals surface area contributed by atoms with E-state index in [0.29, 0.717) is 6.54 Å². The number of hydrogen-bond donors (Lipinski definition) is 0. The summed E-state index contributed by atoms with van der Waals surface area (Å²) in [7, 11) is 0. The maximum atomic E-state index is 11.6. The molecule has 0 aromatic carbocycles. The van der Waals surface area contributed by atoms with Gasteiger partial charge >= 0.3 is 6.09 Å². The first-order chi connectivity index (χ1) is 6.79. The van der Waals surface area contributed by atoms with Crippen LogP contribution in [0.25, 0.3) is 0 Å². The number of carbonyl (C=O) groups is 2. The molecule has 1 aliphatic rings. The van der Waals surface area contributed by atoms with E-state index in [1.165, 1.54) is 4.90 Å². The standard InChI is InChI=1S/C11H19NO3/c1-8-5-6-12(7-9(8)13)10(14)15-11(2,3)4/h8H,5-7H2,1-4H3/t8-/m1/s1. The highest BCUT2D eigenvalue weighted by Crippen LogP contribution is 2.16. The minimum atomic E-state index is -0.497. The predicted octanol–water partition coefficient (Wildman–Crippen LogP) is 1.83. The van der Waals surface area contributed by atoms with Gasteiger partial charge < -0.3 is 9.64 Å². The van der Waals surface area contributed by atoms with Crippen molar-refractivity contribution in [2.75, 3.05) is 13.1 Å². The van der Waals surface area contributed by atoms with Gasteiger partial charge in [0, 0.05) is 12.5 Å². The van der Waals surface area contributed by atoms with Crippen LogP contribution in [0.1, 0.15) is 34.1 Å². The highest BCUT2D eigenvalue weighted by molar-refractivity contribution is 5.86. The Morgan fingerprint density at radius 1 is 1.47 bits per heavy atom. The molecule has 0 N–H and O–H groups in total. The van der Waals surface area contributed by atoms with Gasteiger partial charge in [0.2, 0.25) is 0 Å². The normalized spacial score (nSPS) is 22.8. The highest BCUT2D eigenvalue weighted by atomic mass is 16.6. The second-order valence-corrected chi connectivity index (χ2v) is 5.06. The van der Waals surface area contributed by atoms with Crippen LogP contribution < -0.4 is 0 Å². The fourth-order valence-corrected chi connectivity index (χ4v) is 1.42. The molecule has 15 heavy (non-hydrogen) atoms. The molecule has 0 spiro atoms. The third kappa shape index (κ3) is 3.53. The summed E-state index contributed by atoms with van der Waals surface area (Å²) >= 11 is 0. The maximum Gasteiger partial charge on any atom is 0.410 e. The van der Waals surface area contributed by atoms with Gasteiger partial charge in [-0.2, -0.15) is 0 Å². The molecule has 1 atom stereocenters. The molecule has 0 saturated carbocycles. The molecule has 0 aromatic heterocycles. The average Bonchev–Trinajstić information content (AvgIpc) is 2.06. The number of ether oxygens (including phenoxy) is 1. The second-order valence-electron chi connectivity index (χ2n) is 5.06. The smallest absolute Gasteiger partial charge is 0.410 e. The van der Waals surface area contributed by atoms with Gasteiger partial charge in [0.15, 0.2) is 5.78 Å². The molecule has 0 radical (unpaired) electrons. The number of ketones is 1. The van der Waals surface area contributed by atoms with Crippen molar-refractivity contribution < 1.29 is 14.3 Å². The van der Waals surface area contributed by atoms with Crippen molar-refractivity contribution in [2.24, 2.45) is 5.92 Å². The summed E-state index contributed by atoms with van der Waals surface area (Å²) in [5.41, 5.74) is -0.497. The second kappa shape index (κ2) is 4.21. The molecule has 1 rings (SSSR count). The van der Waals surface area contributed by atoms with Crippen molar-refractivity contribution in [1.29, 1.82) is 0 Å². The van der Waals surface area contributed by atoms with Crippen LogP contribution >= 0.6 is 0 Å². The van der Waals surface area contributed by atoms with E-state index in [0.717, 1.165) is 6.42 Å². The number of carbonyl (C=O) groups excluding carboxylic acids is 2. The fraction of sp³-hybridized carbons (Fsp3) is 0.818. The van der Waals surface area contributed by atoms with Crippen LogP contribution in [0.4, 0.5) is 4.79 Å². The Hall–Kier alpha value is -1.06. The average molecular weight is 213 g/mol. The first-order valence-electron chi connectivity index (χ1n) is 5.30. The van der Waals surface area contributed by atoms with Crippen molar-refractivity contribution in [3.63, 3.8) is 0 Å². The number of Topliss-reactive ketones (excluding diaryl/α,β-unsaturated/α-hetero) is 1. The molecular weight excluding hydrogens is 194 g/mol. The van der Waals surface area contributed by atoms with Crippen molar-refractivity contribution >= 4 is 11.9 Å². The van der Waals surface area contributed by atoms with Crippen LogP contribution in [-0.4, -0.2) is 35.5 Å². The number of piperidine rings is 1. The van der Waals surface area contributed by atoms with E-state index in [9.17, 15) is 9.59 Å². The van der Waals surface area contributed by atoms with Crippen molar-refractivity contribution in [3.05, 3.63) is 0 Å². The predicted molar refractivity (Wildman–Crippen MR) is 56.6 cm³/mol. The lowest BCUT2D eigenvalue weighted by molar-refractivity contribution is -0.126. The molecule has 4 nitrogen and oxygen atoms in total. The van der Waals surface area contributed by atoms with E-state index >= 15 is 0 Å². The first-order valence-corrected chi connectivity index (χ1v) is 5.30. The molecule has 0 unspecified atom stereocenters. The van der Waals surface area contributed by atoms with E-state index in [2.05, 4.69) is 0 Å².